The van der Waals surface area contributed by atoms with E-state index in [-0.39, 0.29) is 25.4 Å². The van der Waals surface area contributed by atoms with Crippen LogP contribution in [0, 0.1) is 0 Å². The average molecular weight is 403 g/mol. The molecule has 0 fully saturated rings. The predicted octanol–water partition coefficient (Wildman–Crippen LogP) is 2.21. The summed E-state index contributed by atoms with van der Waals surface area (Å²) < 4.78 is 54.0. The summed E-state index contributed by atoms with van der Waals surface area (Å²) in [6.07, 6.45) is -6.04. The zero-order valence-corrected chi connectivity index (χ0v) is 15.2. The van der Waals surface area contributed by atoms with Crippen LogP contribution in [0.5, 0.6) is 0 Å². The van der Waals surface area contributed by atoms with Crippen molar-refractivity contribution < 1.29 is 37.0 Å². The van der Waals surface area contributed by atoms with Gasteiger partial charge in [0.2, 0.25) is 0 Å². The van der Waals surface area contributed by atoms with E-state index in [4.69, 9.17) is 19.9 Å². The van der Waals surface area contributed by atoms with Crippen LogP contribution in [-0.4, -0.2) is 43.5 Å². The summed E-state index contributed by atoms with van der Waals surface area (Å²) in [4.78, 5) is 23.8. The lowest BCUT2D eigenvalue weighted by atomic mass is 10.0. The number of rotatable bonds is 9. The molecule has 1 heterocycles. The van der Waals surface area contributed by atoms with E-state index in [1.807, 2.05) is 0 Å². The lowest BCUT2D eigenvalue weighted by molar-refractivity contribution is -0.166. The Hall–Kier alpha value is -2.53. The summed E-state index contributed by atoms with van der Waals surface area (Å²) >= 11 is 0. The molecule has 11 heteroatoms. The number of nitrogens with two attached hydrogens (primary N) is 1. The van der Waals surface area contributed by atoms with Crippen LogP contribution in [0.3, 0.4) is 0 Å². The Morgan fingerprint density at radius 1 is 1.07 bits per heavy atom. The van der Waals surface area contributed by atoms with E-state index in [2.05, 4.69) is 10.2 Å². The Morgan fingerprint density at radius 3 is 2.07 bits per heavy atom. The van der Waals surface area contributed by atoms with Crippen LogP contribution in [0.1, 0.15) is 25.0 Å². The number of halogens is 3. The second-order valence-corrected chi connectivity index (χ2v) is 5.83. The fourth-order valence-corrected chi connectivity index (χ4v) is 2.37. The highest BCUT2D eigenvalue weighted by Crippen LogP contribution is 2.52. The molecule has 1 aromatic rings. The van der Waals surface area contributed by atoms with Gasteiger partial charge >= 0.3 is 23.8 Å². The number of carbonyl (C=O) groups excluding carboxylic acids is 2. The van der Waals surface area contributed by atoms with Crippen molar-refractivity contribution in [3.8, 4) is 0 Å². The van der Waals surface area contributed by atoms with Crippen LogP contribution in [0.4, 0.5) is 13.2 Å². The fourth-order valence-electron chi connectivity index (χ4n) is 2.37. The Bertz CT molecular complexity index is 731. The fraction of sp³-hybridized carbons (Fsp3) is 0.529. The third-order valence-electron chi connectivity index (χ3n) is 3.89. The number of alkyl halides is 3. The topological polar surface area (TPSA) is 113 Å². The largest absolute Gasteiger partial charge is 0.465 e. The van der Waals surface area contributed by atoms with Crippen molar-refractivity contribution in [3.05, 3.63) is 35.4 Å². The number of esters is 2. The molecule has 2 unspecified atom stereocenters. The Kier molecular flexibility index (Phi) is 6.73. The number of hydrogen-bond donors (Lipinski definition) is 1. The predicted molar refractivity (Wildman–Crippen MR) is 88.8 cm³/mol. The van der Waals surface area contributed by atoms with Crippen LogP contribution >= 0.6 is 0 Å². The molecule has 0 saturated carbocycles. The van der Waals surface area contributed by atoms with Gasteiger partial charge < -0.3 is 19.9 Å². The normalized spacial score (nSPS) is 16.9. The average Bonchev–Trinajstić information content (AvgIpc) is 3.44. The van der Waals surface area contributed by atoms with Gasteiger partial charge in [0.05, 0.1) is 19.8 Å². The molecule has 2 atom stereocenters. The monoisotopic (exact) mass is 403 g/mol. The Morgan fingerprint density at radius 2 is 1.61 bits per heavy atom. The molecule has 2 N–H and O–H groups in total. The number of nitrogens with zero attached hydrogens (tertiary/aromatic N) is 2. The van der Waals surface area contributed by atoms with Gasteiger partial charge in [0.1, 0.15) is 6.04 Å². The van der Waals surface area contributed by atoms with E-state index in [1.165, 1.54) is 24.3 Å². The van der Waals surface area contributed by atoms with Crippen LogP contribution < -0.4 is 5.73 Å². The van der Waals surface area contributed by atoms with Crippen molar-refractivity contribution in [2.24, 2.45) is 16.0 Å². The van der Waals surface area contributed by atoms with Crippen molar-refractivity contribution in [3.63, 3.8) is 0 Å². The van der Waals surface area contributed by atoms with Gasteiger partial charge in [-0.3, -0.25) is 4.79 Å². The minimum Gasteiger partial charge on any atom is -0.465 e. The maximum Gasteiger partial charge on any atom is 0.442 e. The van der Waals surface area contributed by atoms with E-state index in [0.717, 1.165) is 0 Å². The zero-order chi connectivity index (χ0) is 20.9. The first-order chi connectivity index (χ1) is 13.2. The van der Waals surface area contributed by atoms with Crippen LogP contribution in [0.15, 0.2) is 34.5 Å². The molecule has 0 aromatic heterocycles. The van der Waals surface area contributed by atoms with Crippen molar-refractivity contribution >= 4 is 11.9 Å². The molecule has 28 heavy (non-hydrogen) atoms. The quantitative estimate of drug-likeness (QED) is 0.633. The lowest BCUT2D eigenvalue weighted by Gasteiger charge is -2.21. The summed E-state index contributed by atoms with van der Waals surface area (Å²) in [5, 5.41) is 6.25. The number of hydrogen-bond acceptors (Lipinski definition) is 8. The maximum atomic E-state index is 13.0. The van der Waals surface area contributed by atoms with Gasteiger partial charge in [-0.1, -0.05) is 24.3 Å². The summed E-state index contributed by atoms with van der Waals surface area (Å²) in [6, 6.07) is 3.79. The summed E-state index contributed by atoms with van der Waals surface area (Å²) in [5.41, 5.74) is 3.54. The molecule has 1 aliphatic heterocycles. The van der Waals surface area contributed by atoms with Crippen molar-refractivity contribution in [2.45, 2.75) is 44.4 Å². The third kappa shape index (κ3) is 4.65. The van der Waals surface area contributed by atoms with Gasteiger partial charge in [-0.25, -0.2) is 4.79 Å². The molecule has 0 aliphatic carbocycles. The van der Waals surface area contributed by atoms with Crippen molar-refractivity contribution in [1.82, 2.24) is 0 Å². The number of ether oxygens (including phenoxy) is 3. The van der Waals surface area contributed by atoms with Crippen molar-refractivity contribution in [1.29, 1.82) is 0 Å². The van der Waals surface area contributed by atoms with E-state index >= 15 is 0 Å². The van der Waals surface area contributed by atoms with Gasteiger partial charge in [-0.2, -0.15) is 13.2 Å². The van der Waals surface area contributed by atoms with Gasteiger partial charge in [-0.15, -0.1) is 10.2 Å². The molecule has 2 rings (SSSR count). The standard InChI is InChI=1S/C17H20F3N3O5/c1-3-26-14(24)12(21)13(15(25)27-4-2)28-9-10-5-7-11(8-6-10)16(22-23-16)17(18,19)20/h5-8,12-13H,3-4,9,21H2,1-2H3. The summed E-state index contributed by atoms with van der Waals surface area (Å²) in [6.45, 7) is 3.09. The Balaban J connectivity index is 2.06. The van der Waals surface area contributed by atoms with Gasteiger partial charge in [0, 0.05) is 5.56 Å². The molecule has 8 nitrogen and oxygen atoms in total. The van der Waals surface area contributed by atoms with Gasteiger partial charge in [0.15, 0.2) is 6.10 Å². The highest BCUT2D eigenvalue weighted by molar-refractivity contribution is 5.86. The molecule has 1 aromatic carbocycles. The second-order valence-electron chi connectivity index (χ2n) is 5.83. The summed E-state index contributed by atoms with van der Waals surface area (Å²) in [7, 11) is 0. The van der Waals surface area contributed by atoms with Crippen LogP contribution in [0.2, 0.25) is 0 Å². The smallest absolute Gasteiger partial charge is 0.442 e. The molecule has 0 amide bonds. The molecular formula is C17H20F3N3O5. The van der Waals surface area contributed by atoms with Gasteiger partial charge in [0.25, 0.3) is 0 Å². The third-order valence-corrected chi connectivity index (χ3v) is 3.89. The first-order valence-electron chi connectivity index (χ1n) is 8.47. The molecular weight excluding hydrogens is 383 g/mol. The maximum absolute atomic E-state index is 13.0. The van der Waals surface area contributed by atoms with E-state index < -0.39 is 35.9 Å². The van der Waals surface area contributed by atoms with E-state index in [1.54, 1.807) is 13.8 Å². The SMILES string of the molecule is CCOC(=O)C(N)C(OCc1ccc(C2(C(F)(F)F)N=N2)cc1)C(=O)OCC. The highest BCUT2D eigenvalue weighted by Gasteiger charge is 2.65. The molecule has 0 bridgehead atoms. The molecule has 0 saturated heterocycles. The molecule has 0 radical (unpaired) electrons. The van der Waals surface area contributed by atoms with E-state index in [0.29, 0.717) is 5.56 Å². The Labute approximate surface area is 158 Å². The number of benzene rings is 1. The lowest BCUT2D eigenvalue weighted by Crippen LogP contribution is -2.49. The molecule has 154 valence electrons. The first kappa shape index (κ1) is 21.8. The van der Waals surface area contributed by atoms with Crippen LogP contribution in [-0.2, 0) is 36.1 Å². The molecule has 0 spiro atoms. The van der Waals surface area contributed by atoms with Crippen LogP contribution in [0.25, 0.3) is 0 Å². The van der Waals surface area contributed by atoms with E-state index in [9.17, 15) is 22.8 Å². The minimum absolute atomic E-state index is 0.0511. The molecule has 1 aliphatic rings. The summed E-state index contributed by atoms with van der Waals surface area (Å²) in [5.74, 6) is -1.67. The first-order valence-corrected chi connectivity index (χ1v) is 8.47. The number of carbonyl (C=O) groups is 2. The minimum atomic E-state index is -4.62. The second kappa shape index (κ2) is 8.65. The van der Waals surface area contributed by atoms with Crippen molar-refractivity contribution in [2.75, 3.05) is 13.2 Å². The van der Waals surface area contributed by atoms with Gasteiger partial charge in [-0.05, 0) is 19.4 Å². The highest BCUT2D eigenvalue weighted by atomic mass is 19.4. The zero-order valence-electron chi connectivity index (χ0n) is 15.2.